The van der Waals surface area contributed by atoms with Crippen molar-refractivity contribution in [3.63, 3.8) is 0 Å². The molecule has 36 heavy (non-hydrogen) atoms. The van der Waals surface area contributed by atoms with E-state index >= 15 is 0 Å². The summed E-state index contributed by atoms with van der Waals surface area (Å²) in [6, 6.07) is 6.74. The van der Waals surface area contributed by atoms with Crippen LogP contribution in [0.4, 0.5) is 0 Å². The summed E-state index contributed by atoms with van der Waals surface area (Å²) < 4.78 is 22.5. The molecule has 12 heteroatoms. The maximum atomic E-state index is 12.7. The standard InChI is InChI=1S/C24H27BrN4O7/c1-14(2)36-22(31)13-35-19-7-6-16(8-20(19)34-5)10-27-28-21(30)11-29-15(3)23(25)18(12-33-4)17(9-26)24(29)32/h6-8,10,14H,11-13H2,1-5H3,(H,28,30)/b27-10-. The number of nitrogens with zero attached hydrogens (tertiary/aromatic N) is 3. The molecule has 1 N–H and O–H groups in total. The van der Waals surface area contributed by atoms with Gasteiger partial charge in [-0.15, -0.1) is 0 Å². The average molecular weight is 563 g/mol. The molecule has 1 aromatic carbocycles. The number of hydrazone groups is 1. The van der Waals surface area contributed by atoms with E-state index in [0.717, 1.165) is 0 Å². The second kappa shape index (κ2) is 13.4. The van der Waals surface area contributed by atoms with Gasteiger partial charge in [-0.1, -0.05) is 0 Å². The number of carbonyl (C=O) groups is 2. The Morgan fingerprint density at radius 3 is 2.61 bits per heavy atom. The highest BCUT2D eigenvalue weighted by Gasteiger charge is 2.19. The highest BCUT2D eigenvalue weighted by molar-refractivity contribution is 9.10. The van der Waals surface area contributed by atoms with Crippen molar-refractivity contribution < 1.29 is 28.5 Å². The first-order valence-corrected chi connectivity index (χ1v) is 11.5. The predicted molar refractivity (Wildman–Crippen MR) is 134 cm³/mol. The van der Waals surface area contributed by atoms with Crippen LogP contribution >= 0.6 is 15.9 Å². The van der Waals surface area contributed by atoms with E-state index in [4.69, 9.17) is 18.9 Å². The molecule has 0 aliphatic heterocycles. The van der Waals surface area contributed by atoms with E-state index in [-0.39, 0.29) is 31.4 Å². The molecule has 1 amide bonds. The van der Waals surface area contributed by atoms with E-state index in [2.05, 4.69) is 26.5 Å². The van der Waals surface area contributed by atoms with Crippen molar-refractivity contribution in [2.75, 3.05) is 20.8 Å². The number of esters is 1. The summed E-state index contributed by atoms with van der Waals surface area (Å²) in [5.74, 6) is -0.376. The Balaban J connectivity index is 2.09. The van der Waals surface area contributed by atoms with Crippen LogP contribution in [0.3, 0.4) is 0 Å². The van der Waals surface area contributed by atoms with Gasteiger partial charge < -0.3 is 23.5 Å². The first kappa shape index (κ1) is 28.5. The molecule has 1 heterocycles. The monoisotopic (exact) mass is 562 g/mol. The van der Waals surface area contributed by atoms with Crippen molar-refractivity contribution in [1.82, 2.24) is 9.99 Å². The summed E-state index contributed by atoms with van der Waals surface area (Å²) in [5.41, 5.74) is 3.14. The summed E-state index contributed by atoms with van der Waals surface area (Å²) in [6.07, 6.45) is 1.13. The number of benzene rings is 1. The molecule has 0 aliphatic rings. The van der Waals surface area contributed by atoms with Gasteiger partial charge in [-0.05, 0) is 60.5 Å². The minimum absolute atomic E-state index is 0.0756. The Labute approximate surface area is 216 Å². The number of hydrogen-bond acceptors (Lipinski definition) is 9. The number of nitrogens with one attached hydrogen (secondary N) is 1. The van der Waals surface area contributed by atoms with Crippen LogP contribution in [0.2, 0.25) is 0 Å². The number of ether oxygens (including phenoxy) is 4. The Bertz CT molecular complexity index is 1250. The molecule has 2 aromatic rings. The van der Waals surface area contributed by atoms with Gasteiger partial charge in [-0.3, -0.25) is 9.59 Å². The lowest BCUT2D eigenvalue weighted by Gasteiger charge is -2.15. The Morgan fingerprint density at radius 2 is 2.00 bits per heavy atom. The number of rotatable bonds is 11. The highest BCUT2D eigenvalue weighted by atomic mass is 79.9. The largest absolute Gasteiger partial charge is 0.493 e. The molecule has 0 saturated heterocycles. The lowest BCUT2D eigenvalue weighted by atomic mass is 10.1. The van der Waals surface area contributed by atoms with Crippen molar-refractivity contribution in [2.24, 2.45) is 5.10 Å². The van der Waals surface area contributed by atoms with E-state index in [9.17, 15) is 19.6 Å². The third-order valence-corrected chi connectivity index (χ3v) is 5.81. The fraction of sp³-hybridized carbons (Fsp3) is 0.375. The van der Waals surface area contributed by atoms with Gasteiger partial charge in [0.15, 0.2) is 18.1 Å². The zero-order valence-electron chi connectivity index (χ0n) is 20.6. The third kappa shape index (κ3) is 7.40. The van der Waals surface area contributed by atoms with Crippen LogP contribution in [0.1, 0.15) is 36.2 Å². The van der Waals surface area contributed by atoms with Crippen LogP contribution < -0.4 is 20.5 Å². The molecule has 11 nitrogen and oxygen atoms in total. The second-order valence-corrected chi connectivity index (χ2v) is 8.51. The number of methoxy groups -OCH3 is 2. The molecule has 192 valence electrons. The van der Waals surface area contributed by atoms with Crippen molar-refractivity contribution in [1.29, 1.82) is 5.26 Å². The minimum Gasteiger partial charge on any atom is -0.493 e. The number of nitriles is 1. The molecule has 0 aliphatic carbocycles. The van der Waals surface area contributed by atoms with Crippen LogP contribution in [0.25, 0.3) is 0 Å². The van der Waals surface area contributed by atoms with Crippen LogP contribution in [0.15, 0.2) is 32.6 Å². The van der Waals surface area contributed by atoms with Gasteiger partial charge in [-0.2, -0.15) is 10.4 Å². The quantitative estimate of drug-likeness (QED) is 0.250. The number of halogens is 1. The minimum atomic E-state index is -0.595. The molecule has 1 aromatic heterocycles. The summed E-state index contributed by atoms with van der Waals surface area (Å²) >= 11 is 3.38. The van der Waals surface area contributed by atoms with Gasteiger partial charge in [0, 0.05) is 22.8 Å². The Hall–Kier alpha value is -3.69. The molecule has 0 fully saturated rings. The fourth-order valence-corrected chi connectivity index (χ4v) is 3.65. The molecule has 0 unspecified atom stereocenters. The Kier molecular flexibility index (Phi) is 10.6. The van der Waals surface area contributed by atoms with E-state index in [1.165, 1.54) is 25.0 Å². The molecule has 2 rings (SSSR count). The lowest BCUT2D eigenvalue weighted by molar-refractivity contribution is -0.149. The van der Waals surface area contributed by atoms with E-state index in [1.54, 1.807) is 39.0 Å². The van der Waals surface area contributed by atoms with Crippen molar-refractivity contribution in [3.05, 3.63) is 55.4 Å². The summed E-state index contributed by atoms with van der Waals surface area (Å²) in [7, 11) is 2.91. The second-order valence-electron chi connectivity index (χ2n) is 7.72. The van der Waals surface area contributed by atoms with Gasteiger partial charge in [-0.25, -0.2) is 10.2 Å². The molecular formula is C24H27BrN4O7. The maximum absolute atomic E-state index is 12.7. The molecule has 0 radical (unpaired) electrons. The zero-order chi connectivity index (χ0) is 26.8. The number of aromatic nitrogens is 1. The number of carbonyl (C=O) groups excluding carboxylic acids is 2. The molecular weight excluding hydrogens is 536 g/mol. The molecule has 0 saturated carbocycles. The third-order valence-electron chi connectivity index (χ3n) is 4.75. The number of hydrogen-bond donors (Lipinski definition) is 1. The van der Waals surface area contributed by atoms with Crippen LogP contribution in [0.5, 0.6) is 11.5 Å². The smallest absolute Gasteiger partial charge is 0.344 e. The Morgan fingerprint density at radius 1 is 1.28 bits per heavy atom. The van der Waals surface area contributed by atoms with E-state index in [0.29, 0.717) is 32.8 Å². The van der Waals surface area contributed by atoms with E-state index < -0.39 is 17.4 Å². The SMILES string of the molecule is COCc1c(Br)c(C)n(CC(=O)N/N=C\c2ccc(OCC(=O)OC(C)C)c(OC)c2)c(=O)c1C#N. The molecule has 0 atom stereocenters. The van der Waals surface area contributed by atoms with Crippen LogP contribution in [-0.2, 0) is 32.2 Å². The normalized spacial score (nSPS) is 10.8. The summed E-state index contributed by atoms with van der Waals surface area (Å²) in [5, 5.41) is 13.3. The molecule has 0 bridgehead atoms. The van der Waals surface area contributed by atoms with Crippen molar-refractivity contribution in [2.45, 2.75) is 40.0 Å². The predicted octanol–water partition coefficient (Wildman–Crippen LogP) is 2.43. The summed E-state index contributed by atoms with van der Waals surface area (Å²) in [4.78, 5) is 36.9. The van der Waals surface area contributed by atoms with Gasteiger partial charge in [0.1, 0.15) is 18.2 Å². The molecule has 0 spiro atoms. The first-order chi connectivity index (χ1) is 17.1. The summed E-state index contributed by atoms with van der Waals surface area (Å²) in [6.45, 7) is 4.60. The van der Waals surface area contributed by atoms with Crippen LogP contribution in [-0.4, -0.2) is 49.6 Å². The zero-order valence-corrected chi connectivity index (χ0v) is 22.2. The fourth-order valence-electron chi connectivity index (χ4n) is 3.12. The maximum Gasteiger partial charge on any atom is 0.344 e. The number of amides is 1. The number of pyridine rings is 1. The lowest BCUT2D eigenvalue weighted by Crippen LogP contribution is -2.33. The van der Waals surface area contributed by atoms with Crippen LogP contribution in [0, 0.1) is 18.3 Å². The van der Waals surface area contributed by atoms with Crippen molar-refractivity contribution >= 4 is 34.0 Å². The van der Waals surface area contributed by atoms with Gasteiger partial charge in [0.05, 0.1) is 26.0 Å². The van der Waals surface area contributed by atoms with Gasteiger partial charge in [0.25, 0.3) is 11.5 Å². The average Bonchev–Trinajstić information content (AvgIpc) is 2.84. The topological polar surface area (TPSA) is 141 Å². The van der Waals surface area contributed by atoms with Gasteiger partial charge >= 0.3 is 5.97 Å². The van der Waals surface area contributed by atoms with Crippen molar-refractivity contribution in [3.8, 4) is 17.6 Å². The van der Waals surface area contributed by atoms with E-state index in [1.807, 2.05) is 6.07 Å². The first-order valence-electron chi connectivity index (χ1n) is 10.8. The van der Waals surface area contributed by atoms with Gasteiger partial charge in [0.2, 0.25) is 0 Å². The highest BCUT2D eigenvalue weighted by Crippen LogP contribution is 2.27.